The number of ether oxygens (including phenoxy) is 2. The van der Waals surface area contributed by atoms with E-state index in [1.165, 1.54) is 25.7 Å². The topological polar surface area (TPSA) is 105 Å². The predicted molar refractivity (Wildman–Crippen MR) is 126 cm³/mol. The second-order valence-corrected chi connectivity index (χ2v) is 9.11. The van der Waals surface area contributed by atoms with Crippen LogP contribution in [0.5, 0.6) is 17.2 Å². The maximum absolute atomic E-state index is 13.0. The Morgan fingerprint density at radius 2 is 2.03 bits per heavy atom. The van der Waals surface area contributed by atoms with Crippen molar-refractivity contribution < 1.29 is 29.3 Å². The number of hydrogen-bond acceptors (Lipinski definition) is 7. The highest BCUT2D eigenvalue weighted by atomic mass is 16.5. The van der Waals surface area contributed by atoms with Gasteiger partial charge in [0.25, 0.3) is 0 Å². The standard InChI is InChI=1S/C26H35NO6/c1-4-17-6-8-21(19-9-10-27-15-19)22(11-17)24(33-16(2)28)14-20(29)7-5-18-12-23(30)26(31)25(13-18)32-3/h9,12-13,15,17,21-22,24,30-31H,4-8,10-11,14H2,1-3H3/t17-,21+,22-,24+/m1/s1. The van der Waals surface area contributed by atoms with Crippen molar-refractivity contribution >= 4 is 18.0 Å². The van der Waals surface area contributed by atoms with Gasteiger partial charge in [-0.1, -0.05) is 19.4 Å². The van der Waals surface area contributed by atoms with Crippen LogP contribution in [0.15, 0.2) is 28.8 Å². The number of benzene rings is 1. The van der Waals surface area contributed by atoms with Crippen molar-refractivity contribution in [2.45, 2.75) is 64.9 Å². The van der Waals surface area contributed by atoms with E-state index >= 15 is 0 Å². The molecule has 1 saturated carbocycles. The summed E-state index contributed by atoms with van der Waals surface area (Å²) in [7, 11) is 1.40. The van der Waals surface area contributed by atoms with Crippen LogP contribution >= 0.6 is 0 Å². The predicted octanol–water partition coefficient (Wildman–Crippen LogP) is 4.38. The van der Waals surface area contributed by atoms with Crippen molar-refractivity contribution in [1.82, 2.24) is 0 Å². The molecule has 0 saturated heterocycles. The molecule has 0 amide bonds. The lowest BCUT2D eigenvalue weighted by molar-refractivity contribution is -0.152. The van der Waals surface area contributed by atoms with Gasteiger partial charge in [0.15, 0.2) is 11.5 Å². The van der Waals surface area contributed by atoms with Gasteiger partial charge in [-0.05, 0) is 60.8 Å². The number of aromatic hydroxyl groups is 2. The highest BCUT2D eigenvalue weighted by Crippen LogP contribution is 2.43. The van der Waals surface area contributed by atoms with Gasteiger partial charge in [-0.2, -0.15) is 0 Å². The zero-order valence-electron chi connectivity index (χ0n) is 19.8. The molecule has 0 aromatic heterocycles. The van der Waals surface area contributed by atoms with Gasteiger partial charge in [-0.3, -0.25) is 14.6 Å². The number of phenolic OH excluding ortho intramolecular Hbond substituents is 2. The fraction of sp³-hybridized carbons (Fsp3) is 0.577. The quantitative estimate of drug-likeness (QED) is 0.399. The number of methoxy groups -OCH3 is 1. The second-order valence-electron chi connectivity index (χ2n) is 9.11. The smallest absolute Gasteiger partial charge is 0.302 e. The number of allylic oxidation sites excluding steroid dienone is 1. The van der Waals surface area contributed by atoms with Gasteiger partial charge in [0.2, 0.25) is 5.75 Å². The molecule has 2 aliphatic rings. The number of nitrogens with zero attached hydrogens (tertiary/aromatic N) is 1. The van der Waals surface area contributed by atoms with Crippen LogP contribution < -0.4 is 4.74 Å². The minimum Gasteiger partial charge on any atom is -0.504 e. The number of carbonyl (C=O) groups is 2. The normalized spacial score (nSPS) is 23.1. The monoisotopic (exact) mass is 457 g/mol. The first-order valence-electron chi connectivity index (χ1n) is 11.8. The molecule has 1 aliphatic carbocycles. The first-order valence-corrected chi connectivity index (χ1v) is 11.8. The van der Waals surface area contributed by atoms with E-state index in [1.807, 2.05) is 6.21 Å². The molecule has 3 rings (SSSR count). The molecule has 7 heteroatoms. The summed E-state index contributed by atoms with van der Waals surface area (Å²) in [6.45, 7) is 4.27. The molecular weight excluding hydrogens is 422 g/mol. The van der Waals surface area contributed by atoms with Gasteiger partial charge >= 0.3 is 5.97 Å². The van der Waals surface area contributed by atoms with E-state index < -0.39 is 6.10 Å². The zero-order chi connectivity index (χ0) is 24.0. The molecule has 2 N–H and O–H groups in total. The summed E-state index contributed by atoms with van der Waals surface area (Å²) >= 11 is 0. The molecule has 33 heavy (non-hydrogen) atoms. The lowest BCUT2D eigenvalue weighted by atomic mass is 9.67. The third-order valence-electron chi connectivity index (χ3n) is 6.94. The number of phenols is 2. The second kappa shape index (κ2) is 11.3. The molecule has 0 radical (unpaired) electrons. The number of ketones is 1. The van der Waals surface area contributed by atoms with E-state index in [1.54, 1.807) is 6.07 Å². The van der Waals surface area contributed by atoms with E-state index in [0.717, 1.165) is 25.7 Å². The lowest BCUT2D eigenvalue weighted by Crippen LogP contribution is -2.38. The Kier molecular flexibility index (Phi) is 8.53. The molecule has 0 unspecified atom stereocenters. The SMILES string of the molecule is CC[C@@H]1CC[C@@H](C2=CCN=C2)[C@H]([C@H](CC(=O)CCc2cc(O)c(O)c(OC)c2)OC(C)=O)C1. The van der Waals surface area contributed by atoms with Crippen LogP contribution in [-0.2, 0) is 20.7 Å². The van der Waals surface area contributed by atoms with Crippen molar-refractivity contribution in [2.24, 2.45) is 22.7 Å². The van der Waals surface area contributed by atoms with Crippen LogP contribution in [0, 0.1) is 17.8 Å². The van der Waals surface area contributed by atoms with Crippen LogP contribution in [0.4, 0.5) is 0 Å². The van der Waals surface area contributed by atoms with Crippen molar-refractivity contribution in [3.8, 4) is 17.2 Å². The largest absolute Gasteiger partial charge is 0.504 e. The molecule has 7 nitrogen and oxygen atoms in total. The Morgan fingerprint density at radius 1 is 1.24 bits per heavy atom. The molecule has 1 aliphatic heterocycles. The number of esters is 1. The summed E-state index contributed by atoms with van der Waals surface area (Å²) in [5.74, 6) is 0.0901. The van der Waals surface area contributed by atoms with Gasteiger partial charge in [-0.15, -0.1) is 0 Å². The summed E-state index contributed by atoms with van der Waals surface area (Å²) in [6, 6.07) is 3.05. The van der Waals surface area contributed by atoms with E-state index in [9.17, 15) is 19.8 Å². The number of hydrogen-bond donors (Lipinski definition) is 2. The number of carbonyl (C=O) groups excluding carboxylic acids is 2. The summed E-state index contributed by atoms with van der Waals surface area (Å²) in [6.07, 6.45) is 8.56. The highest BCUT2D eigenvalue weighted by molar-refractivity contribution is 5.82. The Bertz CT molecular complexity index is 922. The number of Topliss-reactive ketones (excluding diaryl/α,β-unsaturated/α-hetero) is 1. The summed E-state index contributed by atoms with van der Waals surface area (Å²) in [4.78, 5) is 29.2. The van der Waals surface area contributed by atoms with Gasteiger partial charge in [0.1, 0.15) is 11.9 Å². The van der Waals surface area contributed by atoms with Crippen molar-refractivity contribution in [3.05, 3.63) is 29.3 Å². The molecule has 4 atom stereocenters. The Hall–Kier alpha value is -2.83. The summed E-state index contributed by atoms with van der Waals surface area (Å²) in [5.41, 5.74) is 1.89. The zero-order valence-corrected chi connectivity index (χ0v) is 19.8. The molecule has 1 aromatic rings. The minimum absolute atomic E-state index is 0.000720. The lowest BCUT2D eigenvalue weighted by Gasteiger charge is -2.40. The van der Waals surface area contributed by atoms with Gasteiger partial charge in [-0.25, -0.2) is 0 Å². The van der Waals surface area contributed by atoms with Crippen LogP contribution in [0.25, 0.3) is 0 Å². The molecule has 180 valence electrons. The maximum Gasteiger partial charge on any atom is 0.302 e. The highest BCUT2D eigenvalue weighted by Gasteiger charge is 2.39. The van der Waals surface area contributed by atoms with Gasteiger partial charge in [0, 0.05) is 31.9 Å². The van der Waals surface area contributed by atoms with Crippen LogP contribution in [-0.4, -0.2) is 47.9 Å². The van der Waals surface area contributed by atoms with Crippen LogP contribution in [0.2, 0.25) is 0 Å². The van der Waals surface area contributed by atoms with E-state index in [4.69, 9.17) is 9.47 Å². The third kappa shape index (κ3) is 6.36. The Balaban J connectivity index is 1.72. The van der Waals surface area contributed by atoms with E-state index in [2.05, 4.69) is 18.0 Å². The average Bonchev–Trinajstić information content (AvgIpc) is 3.33. The molecule has 0 bridgehead atoms. The fourth-order valence-electron chi connectivity index (χ4n) is 5.16. The number of aliphatic imine (C=N–C) groups is 1. The molecule has 1 aromatic carbocycles. The molecule has 0 spiro atoms. The third-order valence-corrected chi connectivity index (χ3v) is 6.94. The van der Waals surface area contributed by atoms with Crippen molar-refractivity contribution in [2.75, 3.05) is 13.7 Å². The first kappa shape index (κ1) is 24.8. The first-order chi connectivity index (χ1) is 15.8. The minimum atomic E-state index is -0.466. The van der Waals surface area contributed by atoms with E-state index in [0.29, 0.717) is 24.4 Å². The van der Waals surface area contributed by atoms with Crippen molar-refractivity contribution in [1.29, 1.82) is 0 Å². The molecule has 1 heterocycles. The van der Waals surface area contributed by atoms with Crippen LogP contribution in [0.3, 0.4) is 0 Å². The fourth-order valence-corrected chi connectivity index (χ4v) is 5.16. The summed E-state index contributed by atoms with van der Waals surface area (Å²) in [5, 5.41) is 19.7. The number of rotatable bonds is 10. The van der Waals surface area contributed by atoms with Crippen molar-refractivity contribution in [3.63, 3.8) is 0 Å². The Morgan fingerprint density at radius 3 is 2.67 bits per heavy atom. The average molecular weight is 458 g/mol. The Labute approximate surface area is 195 Å². The maximum atomic E-state index is 13.0. The van der Waals surface area contributed by atoms with Gasteiger partial charge < -0.3 is 19.7 Å². The molecule has 1 fully saturated rings. The molecular formula is C26H35NO6. The van der Waals surface area contributed by atoms with Crippen LogP contribution in [0.1, 0.15) is 57.9 Å². The number of aryl methyl sites for hydroxylation is 1. The van der Waals surface area contributed by atoms with E-state index in [-0.39, 0.29) is 53.7 Å². The van der Waals surface area contributed by atoms with Gasteiger partial charge in [0.05, 0.1) is 13.7 Å². The summed E-state index contributed by atoms with van der Waals surface area (Å²) < 4.78 is 10.8.